The summed E-state index contributed by atoms with van der Waals surface area (Å²) in [5.41, 5.74) is 10.2. The van der Waals surface area contributed by atoms with Gasteiger partial charge in [-0.3, -0.25) is 11.5 Å². The zero-order valence-corrected chi connectivity index (χ0v) is 6.08. The standard InChI is InChI=1S/C6H16N2O2/c7-6(8,10)4-2-1-3-5-9/h9-10H,1-5,7-8H2. The summed E-state index contributed by atoms with van der Waals surface area (Å²) >= 11 is 0. The highest BCUT2D eigenvalue weighted by molar-refractivity contribution is 4.59. The molecular formula is C6H16N2O2. The molecule has 10 heavy (non-hydrogen) atoms. The summed E-state index contributed by atoms with van der Waals surface area (Å²) in [6.45, 7) is 0.188. The van der Waals surface area contributed by atoms with Crippen LogP contribution in [0, 0.1) is 0 Å². The molecule has 0 radical (unpaired) electrons. The normalized spacial score (nSPS) is 12.0. The van der Waals surface area contributed by atoms with Gasteiger partial charge in [0.2, 0.25) is 0 Å². The van der Waals surface area contributed by atoms with Gasteiger partial charge in [-0.25, -0.2) is 0 Å². The molecule has 0 saturated heterocycles. The van der Waals surface area contributed by atoms with Crippen LogP contribution in [0.4, 0.5) is 0 Å². The van der Waals surface area contributed by atoms with Gasteiger partial charge < -0.3 is 10.2 Å². The van der Waals surface area contributed by atoms with Crippen LogP contribution in [0.1, 0.15) is 25.7 Å². The van der Waals surface area contributed by atoms with Crippen molar-refractivity contribution in [3.63, 3.8) is 0 Å². The predicted octanol–water partition coefficient (Wildman–Crippen LogP) is -0.897. The lowest BCUT2D eigenvalue weighted by molar-refractivity contribution is 0.0417. The van der Waals surface area contributed by atoms with Gasteiger partial charge in [0.05, 0.1) is 0 Å². The summed E-state index contributed by atoms with van der Waals surface area (Å²) in [6.07, 6.45) is 2.74. The molecule has 0 unspecified atom stereocenters. The lowest BCUT2D eigenvalue weighted by Gasteiger charge is -2.15. The monoisotopic (exact) mass is 148 g/mol. The first-order chi connectivity index (χ1) is 4.56. The van der Waals surface area contributed by atoms with Crippen molar-refractivity contribution in [1.82, 2.24) is 0 Å². The van der Waals surface area contributed by atoms with E-state index in [0.29, 0.717) is 6.42 Å². The van der Waals surface area contributed by atoms with Crippen molar-refractivity contribution >= 4 is 0 Å². The highest BCUT2D eigenvalue weighted by atomic mass is 16.3. The molecule has 0 aliphatic rings. The Morgan fingerprint density at radius 3 is 2.10 bits per heavy atom. The van der Waals surface area contributed by atoms with Gasteiger partial charge in [0.15, 0.2) is 5.85 Å². The van der Waals surface area contributed by atoms with Crippen LogP contribution in [0.3, 0.4) is 0 Å². The molecule has 0 fully saturated rings. The molecule has 4 heteroatoms. The van der Waals surface area contributed by atoms with Crippen molar-refractivity contribution in [3.8, 4) is 0 Å². The third kappa shape index (κ3) is 7.84. The van der Waals surface area contributed by atoms with Gasteiger partial charge in [0.25, 0.3) is 0 Å². The number of unbranched alkanes of at least 4 members (excludes halogenated alkanes) is 2. The molecule has 0 rings (SSSR count). The predicted molar refractivity (Wildman–Crippen MR) is 38.9 cm³/mol. The Morgan fingerprint density at radius 2 is 1.70 bits per heavy atom. The Hall–Kier alpha value is -0.160. The lowest BCUT2D eigenvalue weighted by atomic mass is 10.1. The fourth-order valence-corrected chi connectivity index (χ4v) is 0.697. The maximum absolute atomic E-state index is 8.81. The molecule has 0 aliphatic heterocycles. The number of rotatable bonds is 5. The second kappa shape index (κ2) is 4.62. The molecule has 0 aromatic carbocycles. The van der Waals surface area contributed by atoms with Crippen LogP contribution in [0.25, 0.3) is 0 Å². The van der Waals surface area contributed by atoms with Gasteiger partial charge in [-0.05, 0) is 12.8 Å². The third-order valence-corrected chi connectivity index (χ3v) is 1.24. The van der Waals surface area contributed by atoms with Crippen LogP contribution < -0.4 is 11.5 Å². The first-order valence-electron chi connectivity index (χ1n) is 3.47. The summed E-state index contributed by atoms with van der Waals surface area (Å²) in [6, 6.07) is 0. The minimum absolute atomic E-state index is 0.188. The quantitative estimate of drug-likeness (QED) is 0.300. The van der Waals surface area contributed by atoms with E-state index in [1.165, 1.54) is 0 Å². The highest BCUT2D eigenvalue weighted by Crippen LogP contribution is 2.03. The van der Waals surface area contributed by atoms with Crippen molar-refractivity contribution in [2.24, 2.45) is 11.5 Å². The largest absolute Gasteiger partial charge is 0.396 e. The van der Waals surface area contributed by atoms with Crippen LogP contribution in [0.15, 0.2) is 0 Å². The molecule has 0 saturated carbocycles. The van der Waals surface area contributed by atoms with E-state index in [4.69, 9.17) is 21.7 Å². The van der Waals surface area contributed by atoms with Gasteiger partial charge >= 0.3 is 0 Å². The summed E-state index contributed by atoms with van der Waals surface area (Å²) in [5.74, 6) is -1.53. The molecule has 0 aliphatic carbocycles. The Balaban J connectivity index is 3.04. The van der Waals surface area contributed by atoms with Crippen LogP contribution in [0.5, 0.6) is 0 Å². The molecule has 0 aromatic rings. The van der Waals surface area contributed by atoms with E-state index in [2.05, 4.69) is 0 Å². The van der Waals surface area contributed by atoms with Gasteiger partial charge in [-0.1, -0.05) is 6.42 Å². The third-order valence-electron chi connectivity index (χ3n) is 1.24. The number of nitrogens with two attached hydrogens (primary N) is 2. The SMILES string of the molecule is NC(N)(O)CCCCCO. The van der Waals surface area contributed by atoms with Crippen LogP contribution in [0.2, 0.25) is 0 Å². The molecule has 4 nitrogen and oxygen atoms in total. The average Bonchev–Trinajstić information content (AvgIpc) is 1.78. The summed E-state index contributed by atoms with van der Waals surface area (Å²) in [4.78, 5) is 0. The Kier molecular flexibility index (Phi) is 4.55. The maximum atomic E-state index is 8.81. The zero-order valence-electron chi connectivity index (χ0n) is 6.08. The lowest BCUT2D eigenvalue weighted by Crippen LogP contribution is -2.48. The Bertz CT molecular complexity index is 80.3. The van der Waals surface area contributed by atoms with Gasteiger partial charge in [-0.2, -0.15) is 0 Å². The molecule has 0 amide bonds. The van der Waals surface area contributed by atoms with E-state index in [1.54, 1.807) is 0 Å². The smallest absolute Gasteiger partial charge is 0.166 e. The number of hydrogen-bond donors (Lipinski definition) is 4. The topological polar surface area (TPSA) is 92.5 Å². The van der Waals surface area contributed by atoms with Crippen LogP contribution >= 0.6 is 0 Å². The second-order valence-electron chi connectivity index (χ2n) is 2.53. The summed E-state index contributed by atoms with van der Waals surface area (Å²) in [5, 5.41) is 17.2. The van der Waals surface area contributed by atoms with E-state index in [-0.39, 0.29) is 6.61 Å². The van der Waals surface area contributed by atoms with E-state index in [1.807, 2.05) is 0 Å². The van der Waals surface area contributed by atoms with E-state index >= 15 is 0 Å². The fraction of sp³-hybridized carbons (Fsp3) is 1.00. The first-order valence-corrected chi connectivity index (χ1v) is 3.47. The van der Waals surface area contributed by atoms with Crippen LogP contribution in [-0.4, -0.2) is 22.7 Å². The minimum atomic E-state index is -1.53. The Morgan fingerprint density at radius 1 is 1.10 bits per heavy atom. The molecule has 62 valence electrons. The molecule has 0 bridgehead atoms. The van der Waals surface area contributed by atoms with Crippen molar-refractivity contribution in [2.75, 3.05) is 6.61 Å². The molecule has 0 heterocycles. The first kappa shape index (κ1) is 9.84. The highest BCUT2D eigenvalue weighted by Gasteiger charge is 2.11. The molecule has 0 atom stereocenters. The van der Waals surface area contributed by atoms with Gasteiger partial charge in [-0.15, -0.1) is 0 Å². The number of aliphatic hydroxyl groups is 2. The molecule has 0 aromatic heterocycles. The average molecular weight is 148 g/mol. The van der Waals surface area contributed by atoms with Crippen molar-refractivity contribution in [2.45, 2.75) is 31.5 Å². The number of aliphatic hydroxyl groups excluding tert-OH is 1. The van der Waals surface area contributed by atoms with Crippen LogP contribution in [-0.2, 0) is 0 Å². The summed E-state index contributed by atoms with van der Waals surface area (Å²) in [7, 11) is 0. The van der Waals surface area contributed by atoms with Crippen molar-refractivity contribution in [3.05, 3.63) is 0 Å². The second-order valence-corrected chi connectivity index (χ2v) is 2.53. The van der Waals surface area contributed by atoms with Gasteiger partial charge in [0, 0.05) is 13.0 Å². The minimum Gasteiger partial charge on any atom is -0.396 e. The zero-order chi connectivity index (χ0) is 8.04. The van der Waals surface area contributed by atoms with Gasteiger partial charge in [0.1, 0.15) is 0 Å². The van der Waals surface area contributed by atoms with E-state index in [9.17, 15) is 0 Å². The van der Waals surface area contributed by atoms with E-state index in [0.717, 1.165) is 19.3 Å². The summed E-state index contributed by atoms with van der Waals surface area (Å²) < 4.78 is 0. The molecular weight excluding hydrogens is 132 g/mol. The van der Waals surface area contributed by atoms with Crippen molar-refractivity contribution in [1.29, 1.82) is 0 Å². The number of hydrogen-bond acceptors (Lipinski definition) is 4. The maximum Gasteiger partial charge on any atom is 0.166 e. The Labute approximate surface area is 60.8 Å². The molecule has 0 spiro atoms. The molecule has 6 N–H and O–H groups in total. The fourth-order valence-electron chi connectivity index (χ4n) is 0.697. The van der Waals surface area contributed by atoms with E-state index < -0.39 is 5.85 Å². The van der Waals surface area contributed by atoms with Crippen molar-refractivity contribution < 1.29 is 10.2 Å².